The topological polar surface area (TPSA) is 47.6 Å². The molecule has 1 N–H and O–H groups in total. The molecule has 98 valence electrons. The summed E-state index contributed by atoms with van der Waals surface area (Å²) in [5.41, 5.74) is -0.507. The van der Waals surface area contributed by atoms with E-state index in [4.69, 9.17) is 9.47 Å². The van der Waals surface area contributed by atoms with Gasteiger partial charge in [-0.05, 0) is 38.4 Å². The van der Waals surface area contributed by atoms with Gasteiger partial charge in [0.15, 0.2) is 0 Å². The zero-order valence-corrected chi connectivity index (χ0v) is 10.6. The van der Waals surface area contributed by atoms with E-state index in [1.54, 1.807) is 0 Å². The minimum Gasteiger partial charge on any atom is -0.490 e. The third kappa shape index (κ3) is 3.23. The standard InChI is InChI=1S/C14H19NO3/c1-14(8-5-9-15-14)13(16)18-11-10-17-12-6-3-2-4-7-12/h2-4,6-7,15H,5,8-11H2,1H3. The molecule has 1 aliphatic heterocycles. The van der Waals surface area contributed by atoms with Crippen LogP contribution in [0.25, 0.3) is 0 Å². The largest absolute Gasteiger partial charge is 0.490 e. The smallest absolute Gasteiger partial charge is 0.326 e. The summed E-state index contributed by atoms with van der Waals surface area (Å²) >= 11 is 0. The second-order valence-corrected chi connectivity index (χ2v) is 4.66. The van der Waals surface area contributed by atoms with E-state index in [2.05, 4.69) is 5.32 Å². The molecule has 1 aromatic carbocycles. The van der Waals surface area contributed by atoms with Crippen LogP contribution in [0.3, 0.4) is 0 Å². The first-order chi connectivity index (χ1) is 8.71. The maximum absolute atomic E-state index is 11.8. The maximum atomic E-state index is 11.8. The highest BCUT2D eigenvalue weighted by Gasteiger charge is 2.37. The lowest BCUT2D eigenvalue weighted by molar-refractivity contribution is -0.151. The van der Waals surface area contributed by atoms with E-state index in [9.17, 15) is 4.79 Å². The minimum atomic E-state index is -0.507. The fraction of sp³-hybridized carbons (Fsp3) is 0.500. The second kappa shape index (κ2) is 5.87. The second-order valence-electron chi connectivity index (χ2n) is 4.66. The lowest BCUT2D eigenvalue weighted by Gasteiger charge is -2.21. The van der Waals surface area contributed by atoms with Gasteiger partial charge in [0, 0.05) is 0 Å². The molecular weight excluding hydrogens is 230 g/mol. The van der Waals surface area contributed by atoms with Crippen molar-refractivity contribution in [1.82, 2.24) is 5.32 Å². The van der Waals surface area contributed by atoms with E-state index in [0.29, 0.717) is 6.61 Å². The van der Waals surface area contributed by atoms with Crippen LogP contribution in [0.5, 0.6) is 5.75 Å². The molecule has 1 heterocycles. The van der Waals surface area contributed by atoms with Gasteiger partial charge in [-0.3, -0.25) is 4.79 Å². The average Bonchev–Trinajstić information content (AvgIpc) is 2.84. The number of carbonyl (C=O) groups is 1. The highest BCUT2D eigenvalue weighted by molar-refractivity contribution is 5.80. The molecule has 18 heavy (non-hydrogen) atoms. The predicted octanol–water partition coefficient (Wildman–Crippen LogP) is 1.75. The molecule has 4 nitrogen and oxygen atoms in total. The third-order valence-corrected chi connectivity index (χ3v) is 3.15. The highest BCUT2D eigenvalue weighted by atomic mass is 16.6. The Labute approximate surface area is 107 Å². The van der Waals surface area contributed by atoms with Gasteiger partial charge in [0.1, 0.15) is 24.5 Å². The van der Waals surface area contributed by atoms with Crippen LogP contribution in [-0.2, 0) is 9.53 Å². The van der Waals surface area contributed by atoms with Crippen LogP contribution >= 0.6 is 0 Å². The molecule has 2 rings (SSSR count). The Balaban J connectivity index is 1.68. The Hall–Kier alpha value is -1.55. The Morgan fingerprint density at radius 3 is 2.78 bits per heavy atom. The molecule has 1 saturated heterocycles. The summed E-state index contributed by atoms with van der Waals surface area (Å²) in [4.78, 5) is 11.8. The van der Waals surface area contributed by atoms with Gasteiger partial charge in [-0.1, -0.05) is 18.2 Å². The number of esters is 1. The van der Waals surface area contributed by atoms with E-state index in [1.807, 2.05) is 37.3 Å². The molecule has 4 heteroatoms. The number of nitrogens with one attached hydrogen (secondary N) is 1. The zero-order valence-electron chi connectivity index (χ0n) is 10.6. The average molecular weight is 249 g/mol. The van der Waals surface area contributed by atoms with Crippen molar-refractivity contribution >= 4 is 5.97 Å². The first-order valence-corrected chi connectivity index (χ1v) is 6.31. The molecule has 0 radical (unpaired) electrons. The SMILES string of the molecule is CC1(C(=O)OCCOc2ccccc2)CCCN1. The molecule has 0 bridgehead atoms. The fourth-order valence-corrected chi connectivity index (χ4v) is 2.04. The molecule has 1 aliphatic rings. The summed E-state index contributed by atoms with van der Waals surface area (Å²) in [5.74, 6) is 0.607. The first kappa shape index (κ1) is 12.9. The van der Waals surface area contributed by atoms with Gasteiger partial charge < -0.3 is 14.8 Å². The summed E-state index contributed by atoms with van der Waals surface area (Å²) in [5, 5.41) is 3.18. The lowest BCUT2D eigenvalue weighted by atomic mass is 10.0. The molecule has 1 unspecified atom stereocenters. The number of benzene rings is 1. The molecule has 0 aromatic heterocycles. The van der Waals surface area contributed by atoms with Crippen LogP contribution in [0.1, 0.15) is 19.8 Å². The first-order valence-electron chi connectivity index (χ1n) is 6.31. The van der Waals surface area contributed by atoms with E-state index in [1.165, 1.54) is 0 Å². The van der Waals surface area contributed by atoms with Gasteiger partial charge in [0.05, 0.1) is 0 Å². The van der Waals surface area contributed by atoms with Crippen molar-refractivity contribution in [2.75, 3.05) is 19.8 Å². The van der Waals surface area contributed by atoms with Crippen LogP contribution in [0.15, 0.2) is 30.3 Å². The molecule has 1 fully saturated rings. The normalized spacial score (nSPS) is 22.7. The van der Waals surface area contributed by atoms with Gasteiger partial charge in [-0.2, -0.15) is 0 Å². The van der Waals surface area contributed by atoms with Gasteiger partial charge in [0.25, 0.3) is 0 Å². The Bertz CT molecular complexity index is 385. The van der Waals surface area contributed by atoms with E-state index in [0.717, 1.165) is 25.1 Å². The van der Waals surface area contributed by atoms with Crippen molar-refractivity contribution in [3.05, 3.63) is 30.3 Å². The molecule has 0 spiro atoms. The van der Waals surface area contributed by atoms with Crippen molar-refractivity contribution in [1.29, 1.82) is 0 Å². The van der Waals surface area contributed by atoms with Crippen LogP contribution in [-0.4, -0.2) is 31.3 Å². The number of hydrogen-bond acceptors (Lipinski definition) is 4. The lowest BCUT2D eigenvalue weighted by Crippen LogP contribution is -2.46. The number of para-hydroxylation sites is 1. The van der Waals surface area contributed by atoms with Crippen molar-refractivity contribution in [2.24, 2.45) is 0 Å². The minimum absolute atomic E-state index is 0.184. The van der Waals surface area contributed by atoms with Gasteiger partial charge in [-0.25, -0.2) is 0 Å². The van der Waals surface area contributed by atoms with Gasteiger partial charge in [0.2, 0.25) is 0 Å². The van der Waals surface area contributed by atoms with Crippen LogP contribution in [0.2, 0.25) is 0 Å². The quantitative estimate of drug-likeness (QED) is 0.638. The number of hydrogen-bond donors (Lipinski definition) is 1. The Morgan fingerprint density at radius 2 is 2.11 bits per heavy atom. The summed E-state index contributed by atoms with van der Waals surface area (Å²) in [6, 6.07) is 9.50. The molecule has 0 saturated carbocycles. The molecular formula is C14H19NO3. The number of rotatable bonds is 5. The van der Waals surface area contributed by atoms with Crippen molar-refractivity contribution in [2.45, 2.75) is 25.3 Å². The molecule has 0 aliphatic carbocycles. The van der Waals surface area contributed by atoms with Crippen molar-refractivity contribution < 1.29 is 14.3 Å². The fourth-order valence-electron chi connectivity index (χ4n) is 2.04. The summed E-state index contributed by atoms with van der Waals surface area (Å²) < 4.78 is 10.7. The molecule has 1 aromatic rings. The van der Waals surface area contributed by atoms with Gasteiger partial charge >= 0.3 is 5.97 Å². The number of carbonyl (C=O) groups excluding carboxylic acids is 1. The third-order valence-electron chi connectivity index (χ3n) is 3.15. The summed E-state index contributed by atoms with van der Waals surface area (Å²) in [6.45, 7) is 3.43. The maximum Gasteiger partial charge on any atom is 0.326 e. The number of ether oxygens (including phenoxy) is 2. The van der Waals surface area contributed by atoms with E-state index in [-0.39, 0.29) is 12.6 Å². The van der Waals surface area contributed by atoms with Crippen LogP contribution in [0, 0.1) is 0 Å². The van der Waals surface area contributed by atoms with Crippen LogP contribution < -0.4 is 10.1 Å². The Morgan fingerprint density at radius 1 is 1.33 bits per heavy atom. The van der Waals surface area contributed by atoms with Crippen LogP contribution in [0.4, 0.5) is 0 Å². The molecule has 0 amide bonds. The predicted molar refractivity (Wildman–Crippen MR) is 68.5 cm³/mol. The van der Waals surface area contributed by atoms with Crippen molar-refractivity contribution in [3.63, 3.8) is 0 Å². The van der Waals surface area contributed by atoms with E-state index >= 15 is 0 Å². The summed E-state index contributed by atoms with van der Waals surface area (Å²) in [6.07, 6.45) is 1.86. The Kier molecular flexibility index (Phi) is 4.20. The summed E-state index contributed by atoms with van der Waals surface area (Å²) in [7, 11) is 0. The van der Waals surface area contributed by atoms with E-state index < -0.39 is 5.54 Å². The van der Waals surface area contributed by atoms with Gasteiger partial charge in [-0.15, -0.1) is 0 Å². The van der Waals surface area contributed by atoms with Crippen molar-refractivity contribution in [3.8, 4) is 5.75 Å². The zero-order chi connectivity index (χ0) is 12.8. The highest BCUT2D eigenvalue weighted by Crippen LogP contribution is 2.19. The molecule has 1 atom stereocenters. The monoisotopic (exact) mass is 249 g/mol.